The van der Waals surface area contributed by atoms with E-state index in [4.69, 9.17) is 4.74 Å². The monoisotopic (exact) mass is 414 g/mol. The molecular weight excluding hydrogens is 384 g/mol. The van der Waals surface area contributed by atoms with E-state index in [-0.39, 0.29) is 5.97 Å². The Labute approximate surface area is 185 Å². The maximum atomic E-state index is 13.0. The van der Waals surface area contributed by atoms with Gasteiger partial charge in [-0.05, 0) is 50.2 Å². The predicted octanol–water partition coefficient (Wildman–Crippen LogP) is 5.11. The van der Waals surface area contributed by atoms with Crippen molar-refractivity contribution < 1.29 is 9.53 Å². The Bertz CT molecular complexity index is 969. The van der Waals surface area contributed by atoms with Crippen LogP contribution in [0.25, 0.3) is 0 Å². The SMILES string of the molecule is CCOC(=O)C1(c2ccccc2)CCN(C2=CCC(C#N)(c3ccccc3)CC2)CC1. The van der Waals surface area contributed by atoms with Crippen LogP contribution in [0.1, 0.15) is 50.2 Å². The third-order valence-electron chi connectivity index (χ3n) is 7.05. The highest BCUT2D eigenvalue weighted by Gasteiger charge is 2.45. The normalized spacial score (nSPS) is 22.8. The summed E-state index contributed by atoms with van der Waals surface area (Å²) in [6, 6.07) is 22.8. The summed E-state index contributed by atoms with van der Waals surface area (Å²) in [4.78, 5) is 15.4. The first-order chi connectivity index (χ1) is 15.1. The van der Waals surface area contributed by atoms with Gasteiger partial charge in [0.2, 0.25) is 0 Å². The third-order valence-corrected chi connectivity index (χ3v) is 7.05. The number of benzene rings is 2. The molecule has 0 radical (unpaired) electrons. The molecule has 1 unspecified atom stereocenters. The number of piperidine rings is 1. The number of ether oxygens (including phenoxy) is 1. The van der Waals surface area contributed by atoms with Gasteiger partial charge in [0.15, 0.2) is 0 Å². The minimum atomic E-state index is -0.566. The molecule has 2 aromatic rings. The number of nitriles is 1. The van der Waals surface area contributed by atoms with Crippen LogP contribution in [0.2, 0.25) is 0 Å². The van der Waals surface area contributed by atoms with Crippen molar-refractivity contribution in [2.24, 2.45) is 0 Å². The quantitative estimate of drug-likeness (QED) is 0.638. The molecule has 0 spiro atoms. The van der Waals surface area contributed by atoms with Gasteiger partial charge >= 0.3 is 5.97 Å². The van der Waals surface area contributed by atoms with Gasteiger partial charge in [-0.3, -0.25) is 4.79 Å². The van der Waals surface area contributed by atoms with Crippen molar-refractivity contribution in [2.75, 3.05) is 19.7 Å². The van der Waals surface area contributed by atoms with E-state index in [0.29, 0.717) is 6.61 Å². The standard InChI is InChI=1S/C27H30N2O2/c1-2-31-25(30)27(23-11-7-4-8-12-23)17-19-29(20-18-27)24-13-15-26(21-28,16-14-24)22-9-5-3-6-10-22/h3-13H,2,14-20H2,1H3. The first-order valence-electron chi connectivity index (χ1n) is 11.3. The second-order valence-electron chi connectivity index (χ2n) is 8.62. The van der Waals surface area contributed by atoms with E-state index < -0.39 is 10.8 Å². The molecule has 1 fully saturated rings. The number of hydrogen-bond acceptors (Lipinski definition) is 4. The summed E-state index contributed by atoms with van der Waals surface area (Å²) in [5.41, 5.74) is 2.48. The van der Waals surface area contributed by atoms with E-state index in [0.717, 1.165) is 56.3 Å². The highest BCUT2D eigenvalue weighted by atomic mass is 16.5. The molecule has 1 aliphatic heterocycles. The van der Waals surface area contributed by atoms with E-state index in [2.05, 4.69) is 29.2 Å². The van der Waals surface area contributed by atoms with Crippen LogP contribution >= 0.6 is 0 Å². The Morgan fingerprint density at radius 2 is 1.61 bits per heavy atom. The van der Waals surface area contributed by atoms with Crippen LogP contribution in [0.5, 0.6) is 0 Å². The Morgan fingerprint density at radius 1 is 1.00 bits per heavy atom. The van der Waals surface area contributed by atoms with Crippen LogP contribution in [0.15, 0.2) is 72.4 Å². The summed E-state index contributed by atoms with van der Waals surface area (Å²) < 4.78 is 5.50. The van der Waals surface area contributed by atoms with Gasteiger partial charge in [-0.15, -0.1) is 0 Å². The van der Waals surface area contributed by atoms with Crippen molar-refractivity contribution in [3.8, 4) is 6.07 Å². The predicted molar refractivity (Wildman–Crippen MR) is 121 cm³/mol. The molecule has 2 aromatic carbocycles. The molecule has 1 aliphatic carbocycles. The van der Waals surface area contributed by atoms with Gasteiger partial charge < -0.3 is 9.64 Å². The van der Waals surface area contributed by atoms with Gasteiger partial charge in [0.25, 0.3) is 0 Å². The van der Waals surface area contributed by atoms with Crippen LogP contribution in [0, 0.1) is 11.3 Å². The molecule has 1 saturated heterocycles. The summed E-state index contributed by atoms with van der Waals surface area (Å²) >= 11 is 0. The largest absolute Gasteiger partial charge is 0.465 e. The molecule has 2 aliphatic rings. The first-order valence-corrected chi connectivity index (χ1v) is 11.3. The fraction of sp³-hybridized carbons (Fsp3) is 0.407. The average molecular weight is 415 g/mol. The summed E-state index contributed by atoms with van der Waals surface area (Å²) in [5, 5.41) is 9.95. The van der Waals surface area contributed by atoms with Crippen LogP contribution in [0.3, 0.4) is 0 Å². The van der Waals surface area contributed by atoms with Crippen molar-refractivity contribution in [2.45, 2.75) is 49.9 Å². The van der Waals surface area contributed by atoms with Crippen molar-refractivity contribution >= 4 is 5.97 Å². The maximum Gasteiger partial charge on any atom is 0.316 e. The molecule has 4 nitrogen and oxygen atoms in total. The molecule has 0 N–H and O–H groups in total. The molecule has 1 atom stereocenters. The Kier molecular flexibility index (Phi) is 6.13. The van der Waals surface area contributed by atoms with Crippen LogP contribution < -0.4 is 0 Å². The van der Waals surface area contributed by atoms with Gasteiger partial charge in [0.05, 0.1) is 23.5 Å². The van der Waals surface area contributed by atoms with Crippen LogP contribution in [0.4, 0.5) is 0 Å². The molecule has 4 rings (SSSR count). The van der Waals surface area contributed by atoms with Gasteiger partial charge in [-0.25, -0.2) is 0 Å². The highest BCUT2D eigenvalue weighted by molar-refractivity contribution is 5.83. The topological polar surface area (TPSA) is 53.3 Å². The van der Waals surface area contributed by atoms with Gasteiger partial charge in [0.1, 0.15) is 0 Å². The molecule has 0 saturated carbocycles. The van der Waals surface area contributed by atoms with Crippen molar-refractivity contribution in [1.82, 2.24) is 4.90 Å². The Hall–Kier alpha value is -3.06. The zero-order valence-corrected chi connectivity index (χ0v) is 18.2. The summed E-state index contributed by atoms with van der Waals surface area (Å²) in [6.45, 7) is 3.92. The summed E-state index contributed by atoms with van der Waals surface area (Å²) in [7, 11) is 0. The lowest BCUT2D eigenvalue weighted by Crippen LogP contribution is -2.48. The molecule has 0 bridgehead atoms. The van der Waals surface area contributed by atoms with E-state index in [1.54, 1.807) is 0 Å². The lowest BCUT2D eigenvalue weighted by molar-refractivity contribution is -0.152. The zero-order valence-electron chi connectivity index (χ0n) is 18.2. The van der Waals surface area contributed by atoms with Gasteiger partial charge in [0, 0.05) is 18.8 Å². The van der Waals surface area contributed by atoms with Gasteiger partial charge in [-0.1, -0.05) is 66.7 Å². The second kappa shape index (κ2) is 8.98. The van der Waals surface area contributed by atoms with E-state index in [1.807, 2.05) is 55.5 Å². The summed E-state index contributed by atoms with van der Waals surface area (Å²) in [5.74, 6) is -0.106. The number of carbonyl (C=O) groups is 1. The van der Waals surface area contributed by atoms with E-state index in [1.165, 1.54) is 5.70 Å². The fourth-order valence-corrected chi connectivity index (χ4v) is 5.12. The minimum absolute atomic E-state index is 0.106. The van der Waals surface area contributed by atoms with Crippen LogP contribution in [-0.2, 0) is 20.4 Å². The summed E-state index contributed by atoms with van der Waals surface area (Å²) in [6.07, 6.45) is 6.20. The smallest absolute Gasteiger partial charge is 0.316 e. The Balaban J connectivity index is 1.50. The average Bonchev–Trinajstić information content (AvgIpc) is 2.85. The zero-order chi connectivity index (χ0) is 21.7. The molecule has 4 heteroatoms. The third kappa shape index (κ3) is 3.97. The lowest BCUT2D eigenvalue weighted by atomic mass is 9.70. The van der Waals surface area contributed by atoms with E-state index in [9.17, 15) is 10.1 Å². The van der Waals surface area contributed by atoms with E-state index >= 15 is 0 Å². The number of allylic oxidation sites excluding steroid dienone is 2. The first kappa shape index (κ1) is 21.2. The number of hydrogen-bond donors (Lipinski definition) is 0. The lowest BCUT2D eigenvalue weighted by Gasteiger charge is -2.43. The maximum absolute atomic E-state index is 13.0. The minimum Gasteiger partial charge on any atom is -0.465 e. The number of carbonyl (C=O) groups excluding carboxylic acids is 1. The Morgan fingerprint density at radius 3 is 2.13 bits per heavy atom. The van der Waals surface area contributed by atoms with Crippen molar-refractivity contribution in [3.63, 3.8) is 0 Å². The number of likely N-dealkylation sites (tertiary alicyclic amines) is 1. The highest BCUT2D eigenvalue weighted by Crippen LogP contribution is 2.42. The number of rotatable bonds is 5. The molecular formula is C27H30N2O2. The second-order valence-corrected chi connectivity index (χ2v) is 8.62. The molecule has 0 aromatic heterocycles. The van der Waals surface area contributed by atoms with Gasteiger partial charge in [-0.2, -0.15) is 5.26 Å². The molecule has 31 heavy (non-hydrogen) atoms. The fourth-order valence-electron chi connectivity index (χ4n) is 5.12. The number of nitrogens with zero attached hydrogens (tertiary/aromatic N) is 2. The van der Waals surface area contributed by atoms with Crippen molar-refractivity contribution in [1.29, 1.82) is 5.26 Å². The van der Waals surface area contributed by atoms with Crippen molar-refractivity contribution in [3.05, 3.63) is 83.6 Å². The number of esters is 1. The van der Waals surface area contributed by atoms with Crippen LogP contribution in [-0.4, -0.2) is 30.6 Å². The molecule has 160 valence electrons. The molecule has 0 amide bonds. The molecule has 1 heterocycles.